The van der Waals surface area contributed by atoms with Gasteiger partial charge in [-0.25, -0.2) is 4.79 Å². The van der Waals surface area contributed by atoms with Crippen molar-refractivity contribution in [3.8, 4) is 6.07 Å². The van der Waals surface area contributed by atoms with E-state index < -0.39 is 5.97 Å². The van der Waals surface area contributed by atoms with Crippen LogP contribution in [0.25, 0.3) is 0 Å². The maximum Gasteiger partial charge on any atom is 0.336 e. The topological polar surface area (TPSA) is 61.1 Å². The second kappa shape index (κ2) is 3.64. The van der Waals surface area contributed by atoms with E-state index >= 15 is 0 Å². The van der Waals surface area contributed by atoms with Gasteiger partial charge in [-0.3, -0.25) is 0 Å². The maximum atomic E-state index is 11.2. The van der Waals surface area contributed by atoms with E-state index in [0.29, 0.717) is 17.0 Å². The van der Waals surface area contributed by atoms with Gasteiger partial charge in [0.15, 0.2) is 0 Å². The highest BCUT2D eigenvalue weighted by Crippen LogP contribution is 2.44. The molecular formula is C13H13NO2. The number of carbonyl (C=O) groups is 1. The van der Waals surface area contributed by atoms with Crippen molar-refractivity contribution in [1.82, 2.24) is 0 Å². The zero-order valence-corrected chi connectivity index (χ0v) is 9.37. The highest BCUT2D eigenvalue weighted by atomic mass is 16.4. The molecule has 1 N–H and O–H groups in total. The van der Waals surface area contributed by atoms with Gasteiger partial charge in [-0.05, 0) is 55.4 Å². The zero-order chi connectivity index (χ0) is 11.9. The van der Waals surface area contributed by atoms with Gasteiger partial charge in [-0.1, -0.05) is 0 Å². The van der Waals surface area contributed by atoms with Crippen molar-refractivity contribution in [2.75, 3.05) is 0 Å². The van der Waals surface area contributed by atoms with Crippen molar-refractivity contribution in [1.29, 1.82) is 5.26 Å². The fraction of sp³-hybridized carbons (Fsp3) is 0.385. The van der Waals surface area contributed by atoms with Crippen LogP contribution >= 0.6 is 0 Å². The van der Waals surface area contributed by atoms with Crippen LogP contribution in [0.1, 0.15) is 51.4 Å². The average Bonchev–Trinajstić information content (AvgIpc) is 3.05. The van der Waals surface area contributed by atoms with Crippen LogP contribution in [0.15, 0.2) is 6.07 Å². The standard InChI is InChI=1S/C13H13NO2/c1-7-8(2)12(9-3-4-9)11(13(15)16)5-10(7)6-14/h5,9H,3-4H2,1-2H3,(H,15,16). The Morgan fingerprint density at radius 1 is 1.44 bits per heavy atom. The molecule has 1 aliphatic carbocycles. The van der Waals surface area contributed by atoms with Gasteiger partial charge in [0.05, 0.1) is 17.2 Å². The molecule has 0 bridgehead atoms. The number of carboxylic acid groups (broad SMARTS) is 1. The minimum atomic E-state index is -0.929. The van der Waals surface area contributed by atoms with Crippen LogP contribution in [-0.4, -0.2) is 11.1 Å². The average molecular weight is 215 g/mol. The fourth-order valence-electron chi connectivity index (χ4n) is 2.13. The Hall–Kier alpha value is -1.82. The minimum absolute atomic E-state index is 0.308. The van der Waals surface area contributed by atoms with E-state index in [4.69, 9.17) is 10.4 Å². The number of hydrogen-bond donors (Lipinski definition) is 1. The van der Waals surface area contributed by atoms with Crippen molar-refractivity contribution in [3.63, 3.8) is 0 Å². The minimum Gasteiger partial charge on any atom is -0.478 e. The molecule has 0 aromatic heterocycles. The van der Waals surface area contributed by atoms with Gasteiger partial charge < -0.3 is 5.11 Å². The Labute approximate surface area is 94.3 Å². The van der Waals surface area contributed by atoms with Gasteiger partial charge in [0.1, 0.15) is 0 Å². The third-order valence-corrected chi connectivity index (χ3v) is 3.29. The smallest absolute Gasteiger partial charge is 0.336 e. The number of carboxylic acids is 1. The molecule has 0 spiro atoms. The van der Waals surface area contributed by atoms with Crippen molar-refractivity contribution >= 4 is 5.97 Å². The van der Waals surface area contributed by atoms with Crippen LogP contribution in [0.3, 0.4) is 0 Å². The molecule has 3 nitrogen and oxygen atoms in total. The maximum absolute atomic E-state index is 11.2. The highest BCUT2D eigenvalue weighted by Gasteiger charge is 2.31. The SMILES string of the molecule is Cc1c(C#N)cc(C(=O)O)c(C2CC2)c1C. The van der Waals surface area contributed by atoms with Gasteiger partial charge >= 0.3 is 5.97 Å². The molecule has 2 rings (SSSR count). The van der Waals surface area contributed by atoms with Crippen molar-refractivity contribution in [3.05, 3.63) is 33.9 Å². The summed E-state index contributed by atoms with van der Waals surface area (Å²) in [6.45, 7) is 3.79. The lowest BCUT2D eigenvalue weighted by Crippen LogP contribution is -2.06. The fourth-order valence-corrected chi connectivity index (χ4v) is 2.13. The molecule has 16 heavy (non-hydrogen) atoms. The number of benzene rings is 1. The van der Waals surface area contributed by atoms with Crippen LogP contribution in [0.2, 0.25) is 0 Å². The van der Waals surface area contributed by atoms with Crippen molar-refractivity contribution in [2.45, 2.75) is 32.6 Å². The Bertz CT molecular complexity index is 508. The first kappa shape index (κ1) is 10.7. The molecule has 0 aliphatic heterocycles. The molecule has 0 radical (unpaired) electrons. The first-order valence-electron chi connectivity index (χ1n) is 5.33. The molecule has 0 atom stereocenters. The normalized spacial score (nSPS) is 14.6. The molecule has 0 saturated heterocycles. The van der Waals surface area contributed by atoms with E-state index in [2.05, 4.69) is 6.07 Å². The highest BCUT2D eigenvalue weighted by molar-refractivity contribution is 5.91. The van der Waals surface area contributed by atoms with Crippen LogP contribution in [0.5, 0.6) is 0 Å². The summed E-state index contributed by atoms with van der Waals surface area (Å²) in [4.78, 5) is 11.2. The van der Waals surface area contributed by atoms with Crippen molar-refractivity contribution in [2.24, 2.45) is 0 Å². The Morgan fingerprint density at radius 3 is 2.50 bits per heavy atom. The van der Waals surface area contributed by atoms with Gasteiger partial charge in [0.2, 0.25) is 0 Å². The van der Waals surface area contributed by atoms with Gasteiger partial charge in [-0.2, -0.15) is 5.26 Å². The number of hydrogen-bond acceptors (Lipinski definition) is 2. The van der Waals surface area contributed by atoms with E-state index in [9.17, 15) is 4.79 Å². The molecule has 1 aliphatic rings. The molecule has 82 valence electrons. The summed E-state index contributed by atoms with van der Waals surface area (Å²) >= 11 is 0. The largest absolute Gasteiger partial charge is 0.478 e. The Balaban J connectivity index is 2.71. The van der Waals surface area contributed by atoms with E-state index in [1.54, 1.807) is 0 Å². The quantitative estimate of drug-likeness (QED) is 0.825. The van der Waals surface area contributed by atoms with Crippen molar-refractivity contribution < 1.29 is 9.90 Å². The van der Waals surface area contributed by atoms with Crippen LogP contribution in [-0.2, 0) is 0 Å². The Kier molecular flexibility index (Phi) is 2.43. The van der Waals surface area contributed by atoms with E-state index in [1.165, 1.54) is 6.07 Å². The van der Waals surface area contributed by atoms with Crippen LogP contribution in [0.4, 0.5) is 0 Å². The monoisotopic (exact) mass is 215 g/mol. The summed E-state index contributed by atoms with van der Waals surface area (Å²) < 4.78 is 0. The number of nitriles is 1. The Morgan fingerprint density at radius 2 is 2.06 bits per heavy atom. The summed E-state index contributed by atoms with van der Waals surface area (Å²) in [5, 5.41) is 18.1. The molecule has 1 fully saturated rings. The second-order valence-electron chi connectivity index (χ2n) is 4.33. The molecule has 0 heterocycles. The number of rotatable bonds is 2. The molecule has 1 aromatic rings. The summed E-state index contributed by atoms with van der Waals surface area (Å²) in [5.41, 5.74) is 3.60. The molecule has 0 unspecified atom stereocenters. The zero-order valence-electron chi connectivity index (χ0n) is 9.37. The van der Waals surface area contributed by atoms with E-state index in [1.807, 2.05) is 13.8 Å². The second-order valence-corrected chi connectivity index (χ2v) is 4.33. The number of aromatic carboxylic acids is 1. The van der Waals surface area contributed by atoms with Gasteiger partial charge in [-0.15, -0.1) is 0 Å². The molecule has 1 aromatic carbocycles. The molecule has 3 heteroatoms. The summed E-state index contributed by atoms with van der Waals surface area (Å²) in [5.74, 6) is -0.543. The van der Waals surface area contributed by atoms with E-state index in [0.717, 1.165) is 29.5 Å². The summed E-state index contributed by atoms with van der Waals surface area (Å²) in [6.07, 6.45) is 2.12. The number of nitrogens with zero attached hydrogens (tertiary/aromatic N) is 1. The van der Waals surface area contributed by atoms with Crippen LogP contribution < -0.4 is 0 Å². The predicted octanol–water partition coefficient (Wildman–Crippen LogP) is 2.75. The first-order valence-corrected chi connectivity index (χ1v) is 5.33. The lowest BCUT2D eigenvalue weighted by Gasteiger charge is -2.13. The predicted molar refractivity (Wildman–Crippen MR) is 59.6 cm³/mol. The van der Waals surface area contributed by atoms with E-state index in [-0.39, 0.29) is 0 Å². The van der Waals surface area contributed by atoms with Gasteiger partial charge in [0.25, 0.3) is 0 Å². The third-order valence-electron chi connectivity index (χ3n) is 3.29. The molecular weight excluding hydrogens is 202 g/mol. The molecule has 0 amide bonds. The first-order chi connectivity index (χ1) is 7.56. The summed E-state index contributed by atoms with van der Waals surface area (Å²) in [6, 6.07) is 3.57. The lowest BCUT2D eigenvalue weighted by molar-refractivity contribution is 0.0695. The molecule has 1 saturated carbocycles. The third kappa shape index (κ3) is 1.57. The van der Waals surface area contributed by atoms with Crippen LogP contribution in [0, 0.1) is 25.2 Å². The summed E-state index contributed by atoms with van der Waals surface area (Å²) in [7, 11) is 0. The lowest BCUT2D eigenvalue weighted by atomic mass is 9.91. The van der Waals surface area contributed by atoms with Gasteiger partial charge in [0, 0.05) is 0 Å².